The van der Waals surface area contributed by atoms with Crippen molar-refractivity contribution in [3.05, 3.63) is 27.9 Å². The minimum absolute atomic E-state index is 0.0819. The molecule has 0 aliphatic carbocycles. The third-order valence-corrected chi connectivity index (χ3v) is 3.86. The standard InChI is InChI=1S/C8H6ClN3O4S/c9-1-2-17(15,16)8-7(12(13)14)3-6(4-10)5-11-8/h3,5H,1-2H2. The molecule has 0 bridgehead atoms. The fourth-order valence-electron chi connectivity index (χ4n) is 1.07. The number of hydrogen-bond acceptors (Lipinski definition) is 6. The number of nitro groups is 1. The molecule has 0 amide bonds. The number of halogens is 1. The highest BCUT2D eigenvalue weighted by Gasteiger charge is 2.27. The van der Waals surface area contributed by atoms with Crippen LogP contribution < -0.4 is 0 Å². The van der Waals surface area contributed by atoms with Crippen LogP contribution in [0.2, 0.25) is 0 Å². The molecule has 0 radical (unpaired) electrons. The van der Waals surface area contributed by atoms with Gasteiger partial charge in [0.1, 0.15) is 6.07 Å². The van der Waals surface area contributed by atoms with Crippen molar-refractivity contribution in [1.82, 2.24) is 4.98 Å². The zero-order chi connectivity index (χ0) is 13.1. The van der Waals surface area contributed by atoms with Crippen molar-refractivity contribution in [3.8, 4) is 6.07 Å². The zero-order valence-electron chi connectivity index (χ0n) is 8.33. The predicted octanol–water partition coefficient (Wildman–Crippen LogP) is 0.874. The van der Waals surface area contributed by atoms with Crippen LogP contribution in [0.3, 0.4) is 0 Å². The lowest BCUT2D eigenvalue weighted by atomic mass is 10.3. The number of sulfone groups is 1. The summed E-state index contributed by atoms with van der Waals surface area (Å²) in [5.74, 6) is -0.643. The summed E-state index contributed by atoms with van der Waals surface area (Å²) in [6, 6.07) is 2.51. The lowest BCUT2D eigenvalue weighted by Crippen LogP contribution is -2.12. The average Bonchev–Trinajstić information content (AvgIpc) is 2.28. The smallest absolute Gasteiger partial charge is 0.258 e. The van der Waals surface area contributed by atoms with E-state index in [2.05, 4.69) is 4.98 Å². The molecule has 0 aromatic carbocycles. The fourth-order valence-corrected chi connectivity index (χ4v) is 2.74. The summed E-state index contributed by atoms with van der Waals surface area (Å²) in [7, 11) is -3.91. The maximum absolute atomic E-state index is 11.6. The Morgan fingerprint density at radius 2 is 2.24 bits per heavy atom. The Morgan fingerprint density at radius 1 is 1.59 bits per heavy atom. The highest BCUT2D eigenvalue weighted by atomic mass is 35.5. The van der Waals surface area contributed by atoms with Crippen molar-refractivity contribution in [2.45, 2.75) is 5.03 Å². The SMILES string of the molecule is N#Cc1cnc(S(=O)(=O)CCCl)c([N+](=O)[O-])c1. The molecule has 0 saturated heterocycles. The summed E-state index contributed by atoms with van der Waals surface area (Å²) in [6.07, 6.45) is 0.966. The van der Waals surface area contributed by atoms with E-state index in [1.165, 1.54) is 0 Å². The molecule has 0 aliphatic rings. The first-order chi connectivity index (χ1) is 7.92. The van der Waals surface area contributed by atoms with E-state index in [1.807, 2.05) is 0 Å². The van der Waals surface area contributed by atoms with E-state index in [1.54, 1.807) is 6.07 Å². The van der Waals surface area contributed by atoms with Crippen molar-refractivity contribution in [2.75, 3.05) is 11.6 Å². The molecular formula is C8H6ClN3O4S. The minimum atomic E-state index is -3.91. The van der Waals surface area contributed by atoms with Gasteiger partial charge in [-0.25, -0.2) is 13.4 Å². The first kappa shape index (κ1) is 13.3. The van der Waals surface area contributed by atoms with E-state index in [9.17, 15) is 18.5 Å². The number of nitrogens with zero attached hydrogens (tertiary/aromatic N) is 3. The fraction of sp³-hybridized carbons (Fsp3) is 0.250. The highest BCUT2D eigenvalue weighted by molar-refractivity contribution is 7.91. The number of nitriles is 1. The Balaban J connectivity index is 3.45. The quantitative estimate of drug-likeness (QED) is 0.457. The van der Waals surface area contributed by atoms with Crippen LogP contribution >= 0.6 is 11.6 Å². The molecule has 0 fully saturated rings. The van der Waals surface area contributed by atoms with Gasteiger partial charge >= 0.3 is 5.69 Å². The van der Waals surface area contributed by atoms with E-state index in [-0.39, 0.29) is 11.4 Å². The summed E-state index contributed by atoms with van der Waals surface area (Å²) in [5.41, 5.74) is -0.796. The summed E-state index contributed by atoms with van der Waals surface area (Å²) in [5, 5.41) is 18.6. The van der Waals surface area contributed by atoms with E-state index in [4.69, 9.17) is 16.9 Å². The lowest BCUT2D eigenvalue weighted by Gasteiger charge is -2.02. The molecule has 0 unspecified atom stereocenters. The number of rotatable bonds is 4. The van der Waals surface area contributed by atoms with Gasteiger partial charge in [-0.3, -0.25) is 10.1 Å². The topological polar surface area (TPSA) is 114 Å². The Morgan fingerprint density at radius 3 is 2.71 bits per heavy atom. The van der Waals surface area contributed by atoms with Gasteiger partial charge in [0.05, 0.1) is 16.2 Å². The normalized spacial score (nSPS) is 10.8. The molecule has 0 N–H and O–H groups in total. The van der Waals surface area contributed by atoms with Crippen LogP contribution in [0.1, 0.15) is 5.56 Å². The van der Waals surface area contributed by atoms with Crippen LogP contribution in [-0.4, -0.2) is 30.0 Å². The maximum Gasteiger partial charge on any atom is 0.307 e. The molecule has 0 aliphatic heterocycles. The molecule has 0 spiro atoms. The van der Waals surface area contributed by atoms with E-state index in [0.717, 1.165) is 12.3 Å². The number of aromatic nitrogens is 1. The number of alkyl halides is 1. The number of hydrogen-bond donors (Lipinski definition) is 0. The minimum Gasteiger partial charge on any atom is -0.258 e. The summed E-state index contributed by atoms with van der Waals surface area (Å²) >= 11 is 5.30. The predicted molar refractivity (Wildman–Crippen MR) is 58.4 cm³/mol. The molecule has 1 heterocycles. The van der Waals surface area contributed by atoms with E-state index >= 15 is 0 Å². The van der Waals surface area contributed by atoms with Crippen LogP contribution in [0, 0.1) is 21.4 Å². The van der Waals surface area contributed by atoms with Gasteiger partial charge in [0.25, 0.3) is 0 Å². The first-order valence-corrected chi connectivity index (χ1v) is 6.44. The Kier molecular flexibility index (Phi) is 3.98. The Hall–Kier alpha value is -1.72. The Labute approximate surface area is 102 Å². The maximum atomic E-state index is 11.6. The van der Waals surface area contributed by atoms with Crippen molar-refractivity contribution >= 4 is 27.1 Å². The van der Waals surface area contributed by atoms with Crippen LogP contribution in [0.15, 0.2) is 17.3 Å². The van der Waals surface area contributed by atoms with Gasteiger partial charge in [-0.1, -0.05) is 0 Å². The van der Waals surface area contributed by atoms with E-state index < -0.39 is 31.2 Å². The second-order valence-electron chi connectivity index (χ2n) is 2.93. The van der Waals surface area contributed by atoms with Crippen LogP contribution in [-0.2, 0) is 9.84 Å². The van der Waals surface area contributed by atoms with Gasteiger partial charge in [0, 0.05) is 18.1 Å². The molecular weight excluding hydrogens is 270 g/mol. The van der Waals surface area contributed by atoms with Gasteiger partial charge < -0.3 is 0 Å². The molecule has 1 aromatic heterocycles. The largest absolute Gasteiger partial charge is 0.307 e. The molecule has 0 saturated carbocycles. The van der Waals surface area contributed by atoms with E-state index in [0.29, 0.717) is 0 Å². The van der Waals surface area contributed by atoms with Crippen LogP contribution in [0.25, 0.3) is 0 Å². The molecule has 9 heteroatoms. The summed E-state index contributed by atoms with van der Waals surface area (Å²) < 4.78 is 23.2. The molecule has 90 valence electrons. The van der Waals surface area contributed by atoms with Gasteiger partial charge in [-0.05, 0) is 0 Å². The molecule has 17 heavy (non-hydrogen) atoms. The van der Waals surface area contributed by atoms with Gasteiger partial charge in [-0.2, -0.15) is 5.26 Å². The second kappa shape index (κ2) is 5.07. The monoisotopic (exact) mass is 275 g/mol. The van der Waals surface area contributed by atoms with Crippen molar-refractivity contribution in [1.29, 1.82) is 5.26 Å². The third kappa shape index (κ3) is 2.89. The first-order valence-electron chi connectivity index (χ1n) is 4.25. The highest BCUT2D eigenvalue weighted by Crippen LogP contribution is 2.23. The zero-order valence-corrected chi connectivity index (χ0v) is 9.90. The molecule has 7 nitrogen and oxygen atoms in total. The lowest BCUT2D eigenvalue weighted by molar-refractivity contribution is -0.388. The van der Waals surface area contributed by atoms with Crippen LogP contribution in [0.5, 0.6) is 0 Å². The van der Waals surface area contributed by atoms with Gasteiger partial charge in [0.15, 0.2) is 0 Å². The average molecular weight is 276 g/mol. The van der Waals surface area contributed by atoms with Crippen molar-refractivity contribution < 1.29 is 13.3 Å². The third-order valence-electron chi connectivity index (χ3n) is 1.80. The van der Waals surface area contributed by atoms with Gasteiger partial charge in [0.2, 0.25) is 14.9 Å². The van der Waals surface area contributed by atoms with Crippen LogP contribution in [0.4, 0.5) is 5.69 Å². The second-order valence-corrected chi connectivity index (χ2v) is 5.33. The van der Waals surface area contributed by atoms with Gasteiger partial charge in [-0.15, -0.1) is 11.6 Å². The van der Waals surface area contributed by atoms with Crippen molar-refractivity contribution in [3.63, 3.8) is 0 Å². The summed E-state index contributed by atoms with van der Waals surface area (Å²) in [6.45, 7) is 0. The molecule has 0 atom stereocenters. The Bertz CT molecular complexity index is 593. The molecule has 1 aromatic rings. The molecule has 1 rings (SSSR count). The summed E-state index contributed by atoms with van der Waals surface area (Å²) in [4.78, 5) is 13.3. The van der Waals surface area contributed by atoms with Crippen molar-refractivity contribution in [2.24, 2.45) is 0 Å². The number of pyridine rings is 1.